The number of ether oxygens (including phenoxy) is 1. The SMILES string of the molecule is C=Cc1ccc(C(=O)OCCCCS)cc1. The van der Waals surface area contributed by atoms with Crippen LogP contribution in [-0.2, 0) is 4.74 Å². The van der Waals surface area contributed by atoms with Crippen molar-refractivity contribution in [3.63, 3.8) is 0 Å². The minimum atomic E-state index is -0.269. The monoisotopic (exact) mass is 236 g/mol. The number of hydrogen-bond acceptors (Lipinski definition) is 3. The minimum absolute atomic E-state index is 0.269. The molecule has 86 valence electrons. The third-order valence-electron chi connectivity index (χ3n) is 2.17. The van der Waals surface area contributed by atoms with Crippen molar-refractivity contribution in [1.29, 1.82) is 0 Å². The van der Waals surface area contributed by atoms with E-state index in [1.165, 1.54) is 0 Å². The molecule has 0 radical (unpaired) electrons. The van der Waals surface area contributed by atoms with Crippen LogP contribution in [0, 0.1) is 0 Å². The van der Waals surface area contributed by atoms with Crippen molar-refractivity contribution in [2.24, 2.45) is 0 Å². The van der Waals surface area contributed by atoms with Crippen LogP contribution in [0.1, 0.15) is 28.8 Å². The highest BCUT2D eigenvalue weighted by Crippen LogP contribution is 2.07. The van der Waals surface area contributed by atoms with E-state index >= 15 is 0 Å². The summed E-state index contributed by atoms with van der Waals surface area (Å²) >= 11 is 4.09. The largest absolute Gasteiger partial charge is 0.462 e. The number of unbranched alkanes of at least 4 members (excludes halogenated alkanes) is 1. The lowest BCUT2D eigenvalue weighted by molar-refractivity contribution is 0.0500. The summed E-state index contributed by atoms with van der Waals surface area (Å²) in [5.74, 6) is 0.556. The van der Waals surface area contributed by atoms with Gasteiger partial charge in [-0.2, -0.15) is 12.6 Å². The van der Waals surface area contributed by atoms with Crippen LogP contribution in [0.4, 0.5) is 0 Å². The van der Waals surface area contributed by atoms with Gasteiger partial charge in [-0.25, -0.2) is 4.79 Å². The molecule has 0 saturated heterocycles. The molecule has 0 atom stereocenters. The van der Waals surface area contributed by atoms with Gasteiger partial charge in [0, 0.05) is 0 Å². The molecule has 0 aliphatic rings. The number of benzene rings is 1. The molecule has 0 aliphatic carbocycles. The molecule has 0 N–H and O–H groups in total. The molecule has 0 unspecified atom stereocenters. The molecule has 0 spiro atoms. The number of carbonyl (C=O) groups excluding carboxylic acids is 1. The molecule has 0 bridgehead atoms. The molecule has 0 amide bonds. The lowest BCUT2D eigenvalue weighted by Crippen LogP contribution is -2.06. The second kappa shape index (κ2) is 7.12. The first-order chi connectivity index (χ1) is 7.77. The number of hydrogen-bond donors (Lipinski definition) is 1. The lowest BCUT2D eigenvalue weighted by Gasteiger charge is -2.04. The quantitative estimate of drug-likeness (QED) is 0.466. The summed E-state index contributed by atoms with van der Waals surface area (Å²) in [6.07, 6.45) is 3.56. The predicted octanol–water partition coefficient (Wildman–Crippen LogP) is 3.20. The zero-order valence-electron chi connectivity index (χ0n) is 9.19. The van der Waals surface area contributed by atoms with Crippen molar-refractivity contribution in [2.75, 3.05) is 12.4 Å². The minimum Gasteiger partial charge on any atom is -0.462 e. The molecule has 0 heterocycles. The van der Waals surface area contributed by atoms with Gasteiger partial charge in [0.05, 0.1) is 12.2 Å². The average molecular weight is 236 g/mol. The van der Waals surface area contributed by atoms with Gasteiger partial charge in [-0.3, -0.25) is 0 Å². The van der Waals surface area contributed by atoms with Crippen LogP contribution in [-0.4, -0.2) is 18.3 Å². The van der Waals surface area contributed by atoms with Crippen LogP contribution in [0.25, 0.3) is 6.08 Å². The van der Waals surface area contributed by atoms with Crippen molar-refractivity contribution >= 4 is 24.7 Å². The summed E-state index contributed by atoms with van der Waals surface area (Å²) < 4.78 is 5.10. The highest BCUT2D eigenvalue weighted by Gasteiger charge is 2.05. The lowest BCUT2D eigenvalue weighted by atomic mass is 10.1. The van der Waals surface area contributed by atoms with Gasteiger partial charge < -0.3 is 4.74 Å². The molecule has 0 fully saturated rings. The van der Waals surface area contributed by atoms with Crippen molar-refractivity contribution in [2.45, 2.75) is 12.8 Å². The van der Waals surface area contributed by atoms with E-state index in [9.17, 15) is 4.79 Å². The van der Waals surface area contributed by atoms with Crippen LogP contribution >= 0.6 is 12.6 Å². The number of esters is 1. The number of thiol groups is 1. The molecule has 0 saturated carbocycles. The van der Waals surface area contributed by atoms with E-state index in [4.69, 9.17) is 4.74 Å². The van der Waals surface area contributed by atoms with Crippen molar-refractivity contribution in [3.8, 4) is 0 Å². The van der Waals surface area contributed by atoms with Crippen molar-refractivity contribution < 1.29 is 9.53 Å². The average Bonchev–Trinajstić information content (AvgIpc) is 2.34. The molecule has 0 aliphatic heterocycles. The van der Waals surface area contributed by atoms with E-state index in [1.54, 1.807) is 18.2 Å². The number of carbonyl (C=O) groups is 1. The van der Waals surface area contributed by atoms with Gasteiger partial charge in [0.15, 0.2) is 0 Å². The third kappa shape index (κ3) is 4.11. The molecular formula is C13H16O2S. The fourth-order valence-electron chi connectivity index (χ4n) is 1.22. The van der Waals surface area contributed by atoms with Gasteiger partial charge in [0.25, 0.3) is 0 Å². The fourth-order valence-corrected chi connectivity index (χ4v) is 1.44. The summed E-state index contributed by atoms with van der Waals surface area (Å²) in [7, 11) is 0. The van der Waals surface area contributed by atoms with Gasteiger partial charge in [-0.15, -0.1) is 0 Å². The Morgan fingerprint density at radius 2 is 2.00 bits per heavy atom. The summed E-state index contributed by atoms with van der Waals surface area (Å²) in [5.41, 5.74) is 1.57. The highest BCUT2D eigenvalue weighted by atomic mass is 32.1. The summed E-state index contributed by atoms with van der Waals surface area (Å²) in [5, 5.41) is 0. The molecule has 1 aromatic rings. The van der Waals surface area contributed by atoms with E-state index in [0.717, 1.165) is 24.2 Å². The van der Waals surface area contributed by atoms with Crippen LogP contribution in [0.3, 0.4) is 0 Å². The van der Waals surface area contributed by atoms with E-state index < -0.39 is 0 Å². The normalized spacial score (nSPS) is 9.81. The molecule has 16 heavy (non-hydrogen) atoms. The Morgan fingerprint density at radius 1 is 1.31 bits per heavy atom. The Labute approximate surface area is 102 Å². The third-order valence-corrected chi connectivity index (χ3v) is 2.48. The first kappa shape index (κ1) is 12.8. The first-order valence-electron chi connectivity index (χ1n) is 5.28. The van der Waals surface area contributed by atoms with E-state index in [1.807, 2.05) is 12.1 Å². The maximum absolute atomic E-state index is 11.5. The number of rotatable bonds is 6. The van der Waals surface area contributed by atoms with Gasteiger partial charge in [-0.1, -0.05) is 24.8 Å². The maximum atomic E-state index is 11.5. The Balaban J connectivity index is 2.43. The van der Waals surface area contributed by atoms with E-state index in [-0.39, 0.29) is 5.97 Å². The van der Waals surface area contributed by atoms with E-state index in [0.29, 0.717) is 12.2 Å². The summed E-state index contributed by atoms with van der Waals surface area (Å²) in [6, 6.07) is 7.19. The topological polar surface area (TPSA) is 26.3 Å². The molecule has 1 aromatic carbocycles. The maximum Gasteiger partial charge on any atom is 0.338 e. The van der Waals surface area contributed by atoms with Crippen LogP contribution in [0.15, 0.2) is 30.8 Å². The van der Waals surface area contributed by atoms with Crippen LogP contribution < -0.4 is 0 Å². The molecular weight excluding hydrogens is 220 g/mol. The Morgan fingerprint density at radius 3 is 2.56 bits per heavy atom. The Bertz CT molecular complexity index is 343. The van der Waals surface area contributed by atoms with Gasteiger partial charge in [0.2, 0.25) is 0 Å². The smallest absolute Gasteiger partial charge is 0.338 e. The predicted molar refractivity (Wildman–Crippen MR) is 69.9 cm³/mol. The summed E-state index contributed by atoms with van der Waals surface area (Å²) in [6.45, 7) is 4.11. The highest BCUT2D eigenvalue weighted by molar-refractivity contribution is 7.80. The second-order valence-corrected chi connectivity index (χ2v) is 3.84. The molecule has 3 heteroatoms. The standard InChI is InChI=1S/C13H16O2S/c1-2-11-5-7-12(8-6-11)13(14)15-9-3-4-10-16/h2,5-8,16H,1,3-4,9-10H2. The van der Waals surface area contributed by atoms with Gasteiger partial charge >= 0.3 is 5.97 Å². The molecule has 0 aromatic heterocycles. The Hall–Kier alpha value is -1.22. The molecule has 2 nitrogen and oxygen atoms in total. The van der Waals surface area contributed by atoms with E-state index in [2.05, 4.69) is 19.2 Å². The van der Waals surface area contributed by atoms with Crippen LogP contribution in [0.2, 0.25) is 0 Å². The van der Waals surface area contributed by atoms with Gasteiger partial charge in [-0.05, 0) is 36.3 Å². The summed E-state index contributed by atoms with van der Waals surface area (Å²) in [4.78, 5) is 11.5. The fraction of sp³-hybridized carbons (Fsp3) is 0.308. The molecule has 1 rings (SSSR count). The van der Waals surface area contributed by atoms with Gasteiger partial charge in [0.1, 0.15) is 0 Å². The zero-order valence-corrected chi connectivity index (χ0v) is 10.1. The first-order valence-corrected chi connectivity index (χ1v) is 5.91. The van der Waals surface area contributed by atoms with Crippen LogP contribution in [0.5, 0.6) is 0 Å². The second-order valence-electron chi connectivity index (χ2n) is 3.39. The zero-order chi connectivity index (χ0) is 11.8. The Kier molecular flexibility index (Phi) is 5.72. The van der Waals surface area contributed by atoms with Crippen molar-refractivity contribution in [1.82, 2.24) is 0 Å². The van der Waals surface area contributed by atoms with Crippen molar-refractivity contribution in [3.05, 3.63) is 42.0 Å².